The van der Waals surface area contributed by atoms with E-state index in [-0.39, 0.29) is 18.3 Å². The van der Waals surface area contributed by atoms with Gasteiger partial charge in [0.1, 0.15) is 5.82 Å². The lowest BCUT2D eigenvalue weighted by Gasteiger charge is -2.14. The van der Waals surface area contributed by atoms with Crippen molar-refractivity contribution in [2.75, 3.05) is 19.6 Å². The number of hydrogen-bond acceptors (Lipinski definition) is 4. The number of hydrogen-bond donors (Lipinski definition) is 3. The van der Waals surface area contributed by atoms with Gasteiger partial charge in [-0.3, -0.25) is 9.69 Å². The largest absolute Gasteiger partial charge is 0.389 e. The van der Waals surface area contributed by atoms with Crippen molar-refractivity contribution in [1.29, 1.82) is 0 Å². The van der Waals surface area contributed by atoms with Gasteiger partial charge in [0.2, 0.25) is 5.91 Å². The number of nitrogens with one attached hydrogen (secondary N) is 1. The molecule has 1 amide bonds. The Labute approximate surface area is 117 Å². The fourth-order valence-electron chi connectivity index (χ4n) is 2.25. The highest BCUT2D eigenvalue weighted by molar-refractivity contribution is 5.78. The molecule has 2 rings (SSSR count). The maximum Gasteiger partial charge on any atom is 0.234 e. The zero-order valence-corrected chi connectivity index (χ0v) is 11.3. The molecule has 1 aliphatic rings. The second-order valence-corrected chi connectivity index (χ2v) is 5.19. The summed E-state index contributed by atoms with van der Waals surface area (Å²) in [6.45, 7) is 2.73. The van der Waals surface area contributed by atoms with Crippen molar-refractivity contribution in [3.8, 4) is 0 Å². The number of aliphatic hydroxyl groups excluding tert-OH is 2. The second-order valence-electron chi connectivity index (χ2n) is 5.19. The molecule has 1 heterocycles. The van der Waals surface area contributed by atoms with E-state index in [1.807, 2.05) is 0 Å². The molecule has 0 saturated carbocycles. The van der Waals surface area contributed by atoms with Gasteiger partial charge in [0.15, 0.2) is 0 Å². The molecule has 0 aliphatic carbocycles. The summed E-state index contributed by atoms with van der Waals surface area (Å²) in [6.07, 6.45) is -1.58. The van der Waals surface area contributed by atoms with Crippen LogP contribution in [0.1, 0.15) is 11.1 Å². The van der Waals surface area contributed by atoms with Gasteiger partial charge in [0.25, 0.3) is 0 Å². The van der Waals surface area contributed by atoms with Gasteiger partial charge in [-0.15, -0.1) is 0 Å². The van der Waals surface area contributed by atoms with Crippen LogP contribution in [0.25, 0.3) is 0 Å². The van der Waals surface area contributed by atoms with Crippen molar-refractivity contribution in [2.45, 2.75) is 25.7 Å². The molecule has 1 aliphatic heterocycles. The van der Waals surface area contributed by atoms with Crippen LogP contribution in [0.5, 0.6) is 0 Å². The van der Waals surface area contributed by atoms with Crippen LogP contribution >= 0.6 is 0 Å². The van der Waals surface area contributed by atoms with Gasteiger partial charge in [-0.1, -0.05) is 12.1 Å². The van der Waals surface area contributed by atoms with Gasteiger partial charge in [-0.05, 0) is 24.1 Å². The summed E-state index contributed by atoms with van der Waals surface area (Å²) < 4.78 is 13.1. The standard InChI is InChI=1S/C14H19FN2O3/c1-9-4-10(2-3-11(9)15)5-16-14(20)8-17-6-12(18)13(19)7-17/h2-4,12-13,18-19H,5-8H2,1H3,(H,16,20)/t12-,13+. The average Bonchev–Trinajstić information content (AvgIpc) is 2.70. The monoisotopic (exact) mass is 282 g/mol. The lowest BCUT2D eigenvalue weighted by molar-refractivity contribution is -0.122. The highest BCUT2D eigenvalue weighted by Gasteiger charge is 2.30. The lowest BCUT2D eigenvalue weighted by atomic mass is 10.1. The summed E-state index contributed by atoms with van der Waals surface area (Å²) in [5.41, 5.74) is 1.38. The van der Waals surface area contributed by atoms with Crippen molar-refractivity contribution in [1.82, 2.24) is 10.2 Å². The molecule has 1 saturated heterocycles. The quantitative estimate of drug-likeness (QED) is 0.714. The van der Waals surface area contributed by atoms with E-state index in [9.17, 15) is 19.4 Å². The first-order valence-electron chi connectivity index (χ1n) is 6.56. The normalized spacial score (nSPS) is 23.0. The summed E-state index contributed by atoms with van der Waals surface area (Å²) >= 11 is 0. The minimum atomic E-state index is -0.789. The summed E-state index contributed by atoms with van der Waals surface area (Å²) in [5.74, 6) is -0.451. The Morgan fingerprint density at radius 1 is 1.40 bits per heavy atom. The van der Waals surface area contributed by atoms with Crippen molar-refractivity contribution in [3.05, 3.63) is 35.1 Å². The Morgan fingerprint density at radius 2 is 2.05 bits per heavy atom. The molecule has 5 nitrogen and oxygen atoms in total. The van der Waals surface area contributed by atoms with Crippen molar-refractivity contribution >= 4 is 5.91 Å². The topological polar surface area (TPSA) is 72.8 Å². The van der Waals surface area contributed by atoms with E-state index in [0.29, 0.717) is 25.2 Å². The number of aliphatic hydroxyl groups is 2. The number of halogens is 1. The average molecular weight is 282 g/mol. The van der Waals surface area contributed by atoms with Crippen LogP contribution in [0.15, 0.2) is 18.2 Å². The molecule has 0 aromatic heterocycles. The highest BCUT2D eigenvalue weighted by Crippen LogP contribution is 2.10. The SMILES string of the molecule is Cc1cc(CNC(=O)CN2C[C@@H](O)[C@@H](O)C2)ccc1F. The first kappa shape index (κ1) is 14.9. The molecule has 1 aromatic carbocycles. The van der Waals surface area contributed by atoms with E-state index in [2.05, 4.69) is 5.32 Å². The number of rotatable bonds is 4. The van der Waals surface area contributed by atoms with Crippen LogP contribution < -0.4 is 5.32 Å². The molecule has 0 spiro atoms. The fourth-order valence-corrected chi connectivity index (χ4v) is 2.25. The van der Waals surface area contributed by atoms with Crippen LogP contribution in [0.4, 0.5) is 4.39 Å². The molecule has 0 bridgehead atoms. The number of carbonyl (C=O) groups is 1. The Kier molecular flexibility index (Phi) is 4.69. The van der Waals surface area contributed by atoms with Gasteiger partial charge >= 0.3 is 0 Å². The van der Waals surface area contributed by atoms with Gasteiger partial charge in [0, 0.05) is 19.6 Å². The highest BCUT2D eigenvalue weighted by atomic mass is 19.1. The molecule has 6 heteroatoms. The third-order valence-electron chi connectivity index (χ3n) is 3.41. The third kappa shape index (κ3) is 3.75. The zero-order valence-electron chi connectivity index (χ0n) is 11.3. The van der Waals surface area contributed by atoms with E-state index >= 15 is 0 Å². The molecule has 20 heavy (non-hydrogen) atoms. The molecule has 2 atom stereocenters. The van der Waals surface area contributed by atoms with Crippen LogP contribution in [0.2, 0.25) is 0 Å². The van der Waals surface area contributed by atoms with E-state index in [0.717, 1.165) is 5.56 Å². The zero-order chi connectivity index (χ0) is 14.7. The van der Waals surface area contributed by atoms with Crippen LogP contribution in [-0.2, 0) is 11.3 Å². The molecular formula is C14H19FN2O3. The Morgan fingerprint density at radius 3 is 2.65 bits per heavy atom. The second kappa shape index (κ2) is 6.30. The predicted octanol–water partition coefficient (Wildman–Crippen LogP) is -0.212. The first-order chi connectivity index (χ1) is 9.45. The fraction of sp³-hybridized carbons (Fsp3) is 0.500. The molecule has 0 unspecified atom stereocenters. The smallest absolute Gasteiger partial charge is 0.234 e. The van der Waals surface area contributed by atoms with E-state index in [4.69, 9.17) is 0 Å². The first-order valence-corrected chi connectivity index (χ1v) is 6.56. The van der Waals surface area contributed by atoms with Crippen molar-refractivity contribution in [2.24, 2.45) is 0 Å². The van der Waals surface area contributed by atoms with Crippen LogP contribution in [0.3, 0.4) is 0 Å². The van der Waals surface area contributed by atoms with Gasteiger partial charge in [-0.25, -0.2) is 4.39 Å². The number of β-amino-alcohol motifs (C(OH)–C–C–N with tert-alkyl or cyclic N) is 2. The third-order valence-corrected chi connectivity index (χ3v) is 3.41. The minimum Gasteiger partial charge on any atom is -0.389 e. The Hall–Kier alpha value is -1.50. The number of likely N-dealkylation sites (tertiary alicyclic amines) is 1. The summed E-state index contributed by atoms with van der Waals surface area (Å²) in [5, 5.41) is 21.5. The Balaban J connectivity index is 1.79. The van der Waals surface area contributed by atoms with Gasteiger partial charge < -0.3 is 15.5 Å². The molecule has 1 fully saturated rings. The van der Waals surface area contributed by atoms with Gasteiger partial charge in [-0.2, -0.15) is 0 Å². The number of amides is 1. The number of aryl methyl sites for hydroxylation is 1. The number of carbonyl (C=O) groups excluding carboxylic acids is 1. The molecule has 0 radical (unpaired) electrons. The molecule has 110 valence electrons. The van der Waals surface area contributed by atoms with E-state index in [1.165, 1.54) is 6.07 Å². The minimum absolute atomic E-state index is 0.133. The summed E-state index contributed by atoms with van der Waals surface area (Å²) in [7, 11) is 0. The maximum absolute atomic E-state index is 13.1. The van der Waals surface area contributed by atoms with E-state index < -0.39 is 12.2 Å². The number of benzene rings is 1. The van der Waals surface area contributed by atoms with Crippen molar-refractivity contribution in [3.63, 3.8) is 0 Å². The predicted molar refractivity (Wildman–Crippen MR) is 71.4 cm³/mol. The Bertz CT molecular complexity index is 485. The maximum atomic E-state index is 13.1. The number of nitrogens with zero attached hydrogens (tertiary/aromatic N) is 1. The summed E-state index contributed by atoms with van der Waals surface area (Å²) in [4.78, 5) is 13.4. The lowest BCUT2D eigenvalue weighted by Crippen LogP contribution is -2.36. The van der Waals surface area contributed by atoms with Crippen LogP contribution in [-0.4, -0.2) is 52.9 Å². The van der Waals surface area contributed by atoms with Crippen molar-refractivity contribution < 1.29 is 19.4 Å². The van der Waals surface area contributed by atoms with E-state index in [1.54, 1.807) is 24.0 Å². The summed E-state index contributed by atoms with van der Waals surface area (Å²) in [6, 6.07) is 4.70. The molecule has 1 aromatic rings. The molecular weight excluding hydrogens is 263 g/mol. The van der Waals surface area contributed by atoms with Gasteiger partial charge in [0.05, 0.1) is 18.8 Å². The van der Waals surface area contributed by atoms with Crippen LogP contribution in [0, 0.1) is 12.7 Å². The molecule has 3 N–H and O–H groups in total.